The number of hydrogen-bond donors (Lipinski definition) is 1. The number of benzene rings is 2. The predicted octanol–water partition coefficient (Wildman–Crippen LogP) is 4.40. The van der Waals surface area contributed by atoms with Gasteiger partial charge in [-0.2, -0.15) is 0 Å². The molecule has 2 aliphatic heterocycles. The number of aryl methyl sites for hydroxylation is 2. The Hall–Kier alpha value is -3.94. The van der Waals surface area contributed by atoms with E-state index in [1.807, 2.05) is 24.0 Å². The van der Waals surface area contributed by atoms with Gasteiger partial charge in [-0.15, -0.1) is 0 Å². The Kier molecular flexibility index (Phi) is 4.58. The third-order valence-electron chi connectivity index (χ3n) is 6.94. The van der Waals surface area contributed by atoms with Crippen LogP contribution in [0.3, 0.4) is 0 Å². The molecule has 1 aromatic heterocycles. The van der Waals surface area contributed by atoms with Gasteiger partial charge in [-0.3, -0.25) is 0 Å². The first-order valence-electron chi connectivity index (χ1n) is 11.4. The van der Waals surface area contributed by atoms with Gasteiger partial charge < -0.3 is 19.4 Å². The molecule has 6 rings (SSSR count). The van der Waals surface area contributed by atoms with E-state index < -0.39 is 17.5 Å². The number of aliphatic carboxylic acids is 1. The van der Waals surface area contributed by atoms with Crippen LogP contribution in [0, 0.1) is 12.7 Å². The van der Waals surface area contributed by atoms with E-state index in [0.29, 0.717) is 17.9 Å². The quantitative estimate of drug-likeness (QED) is 0.630. The number of fused-ring (bicyclic) bond motifs is 2. The second-order valence-corrected chi connectivity index (χ2v) is 8.94. The lowest BCUT2D eigenvalue weighted by Crippen LogP contribution is -2.53. The fraction of sp³-hybridized carbons (Fsp3) is 0.269. The van der Waals surface area contributed by atoms with E-state index in [-0.39, 0.29) is 0 Å². The van der Waals surface area contributed by atoms with Gasteiger partial charge in [0.2, 0.25) is 0 Å². The summed E-state index contributed by atoms with van der Waals surface area (Å²) in [5.74, 6) is -1.04. The monoisotopic (exact) mass is 458 g/mol. The van der Waals surface area contributed by atoms with Crippen LogP contribution in [0.4, 0.5) is 4.39 Å². The van der Waals surface area contributed by atoms with Crippen molar-refractivity contribution in [2.24, 2.45) is 5.16 Å². The molecule has 7 nitrogen and oxygen atoms in total. The minimum Gasteiger partial charge on any atom is -0.476 e. The maximum absolute atomic E-state index is 13.5. The molecule has 172 valence electrons. The second-order valence-electron chi connectivity index (χ2n) is 8.94. The van der Waals surface area contributed by atoms with Gasteiger partial charge >= 0.3 is 11.7 Å². The van der Waals surface area contributed by atoms with E-state index in [1.165, 1.54) is 41.0 Å². The number of carboxylic acids is 1. The van der Waals surface area contributed by atoms with Crippen LogP contribution in [0.5, 0.6) is 0 Å². The molecule has 0 bridgehead atoms. The van der Waals surface area contributed by atoms with Gasteiger partial charge in [-0.05, 0) is 85.7 Å². The lowest BCUT2D eigenvalue weighted by molar-refractivity contribution is -0.183. The number of nitrogens with zero attached hydrogens (tertiary/aromatic N) is 4. The van der Waals surface area contributed by atoms with Crippen molar-refractivity contribution < 1.29 is 19.1 Å². The Labute approximate surface area is 195 Å². The number of hydrogen-bond acceptors (Lipinski definition) is 5. The lowest BCUT2D eigenvalue weighted by Gasteiger charge is -2.37. The SMILES string of the molecule is Cc1cn(-c2ccc3c(c2)CCC3=C2CCCN3C2=NOC3(C(=O)O)c2ccc(F)cc2)cn1. The molecule has 0 radical (unpaired) electrons. The van der Waals surface area contributed by atoms with Gasteiger partial charge in [0, 0.05) is 29.6 Å². The molecule has 3 heterocycles. The van der Waals surface area contributed by atoms with Crippen LogP contribution in [0.1, 0.15) is 41.6 Å². The summed E-state index contributed by atoms with van der Waals surface area (Å²) in [7, 11) is 0. The minimum absolute atomic E-state index is 0.346. The van der Waals surface area contributed by atoms with Gasteiger partial charge in [0.25, 0.3) is 0 Å². The summed E-state index contributed by atoms with van der Waals surface area (Å²) in [4.78, 5) is 24.2. The summed E-state index contributed by atoms with van der Waals surface area (Å²) in [5, 5.41) is 14.5. The van der Waals surface area contributed by atoms with Gasteiger partial charge in [0.05, 0.1) is 12.0 Å². The van der Waals surface area contributed by atoms with Gasteiger partial charge in [-0.25, -0.2) is 14.2 Å². The van der Waals surface area contributed by atoms with E-state index >= 15 is 0 Å². The lowest BCUT2D eigenvalue weighted by atomic mass is 9.91. The Balaban J connectivity index is 1.40. The smallest absolute Gasteiger partial charge is 0.377 e. The molecule has 0 spiro atoms. The third-order valence-corrected chi connectivity index (χ3v) is 6.94. The summed E-state index contributed by atoms with van der Waals surface area (Å²) in [6.45, 7) is 2.46. The average Bonchev–Trinajstić information content (AvgIpc) is 3.56. The zero-order valence-electron chi connectivity index (χ0n) is 18.7. The predicted molar refractivity (Wildman–Crippen MR) is 124 cm³/mol. The van der Waals surface area contributed by atoms with Crippen molar-refractivity contribution in [2.75, 3.05) is 6.54 Å². The first kappa shape index (κ1) is 20.7. The summed E-state index contributed by atoms with van der Waals surface area (Å²) in [5.41, 5.74) is 5.24. The van der Waals surface area contributed by atoms with Crippen LogP contribution >= 0.6 is 0 Å². The van der Waals surface area contributed by atoms with Crippen molar-refractivity contribution in [3.63, 3.8) is 0 Å². The molecule has 0 saturated carbocycles. The number of allylic oxidation sites excluding steroid dienone is 1. The Morgan fingerprint density at radius 3 is 2.68 bits per heavy atom. The summed E-state index contributed by atoms with van der Waals surface area (Å²) >= 11 is 0. The first-order valence-corrected chi connectivity index (χ1v) is 11.4. The summed E-state index contributed by atoms with van der Waals surface area (Å²) < 4.78 is 15.6. The normalized spacial score (nSPS) is 23.4. The number of carbonyl (C=O) groups is 1. The van der Waals surface area contributed by atoms with Crippen LogP contribution in [0.15, 0.2) is 65.7 Å². The second kappa shape index (κ2) is 7.55. The minimum atomic E-state index is -1.79. The Morgan fingerprint density at radius 1 is 1.12 bits per heavy atom. The van der Waals surface area contributed by atoms with Gasteiger partial charge in [-0.1, -0.05) is 11.2 Å². The molecule has 3 aromatic rings. The number of imidazole rings is 1. The van der Waals surface area contributed by atoms with Crippen LogP contribution in [0.25, 0.3) is 11.3 Å². The zero-order valence-corrected chi connectivity index (χ0v) is 18.7. The van der Waals surface area contributed by atoms with Crippen LogP contribution in [-0.2, 0) is 21.8 Å². The average molecular weight is 458 g/mol. The maximum Gasteiger partial charge on any atom is 0.377 e. The van der Waals surface area contributed by atoms with E-state index in [9.17, 15) is 14.3 Å². The molecule has 8 heteroatoms. The molecule has 1 unspecified atom stereocenters. The molecule has 1 saturated heterocycles. The number of carboxylic acid groups (broad SMARTS) is 1. The fourth-order valence-corrected chi connectivity index (χ4v) is 5.32. The molecule has 2 aromatic carbocycles. The van der Waals surface area contributed by atoms with E-state index in [2.05, 4.69) is 28.3 Å². The number of amidine groups is 1. The molecule has 3 aliphatic rings. The largest absolute Gasteiger partial charge is 0.476 e. The number of aromatic nitrogens is 2. The molecule has 1 N–H and O–H groups in total. The van der Waals surface area contributed by atoms with Crippen LogP contribution in [0.2, 0.25) is 0 Å². The maximum atomic E-state index is 13.5. The number of piperidine rings is 1. The standard InChI is InChI=1S/C26H23FN4O3/c1-16-14-30(15-28-16)20-9-11-21-17(13-20)4-10-22(21)23-3-2-12-31-24(23)29-34-26(31,25(32)33)18-5-7-19(27)8-6-18/h5-9,11,13-15H,2-4,10,12H2,1H3,(H,32,33). The highest BCUT2D eigenvalue weighted by atomic mass is 19.1. The van der Waals surface area contributed by atoms with Gasteiger partial charge in [0.1, 0.15) is 5.82 Å². The van der Waals surface area contributed by atoms with Crippen LogP contribution in [-0.4, -0.2) is 37.9 Å². The zero-order chi connectivity index (χ0) is 23.4. The molecule has 1 fully saturated rings. The highest BCUT2D eigenvalue weighted by Crippen LogP contribution is 2.44. The molecular weight excluding hydrogens is 435 g/mol. The van der Waals surface area contributed by atoms with E-state index in [1.54, 1.807) is 4.90 Å². The summed E-state index contributed by atoms with van der Waals surface area (Å²) in [6, 6.07) is 11.8. The van der Waals surface area contributed by atoms with Crippen molar-refractivity contribution in [2.45, 2.75) is 38.3 Å². The molecule has 34 heavy (non-hydrogen) atoms. The fourth-order valence-electron chi connectivity index (χ4n) is 5.32. The highest BCUT2D eigenvalue weighted by Gasteiger charge is 2.56. The van der Waals surface area contributed by atoms with E-state index in [0.717, 1.165) is 42.6 Å². The van der Waals surface area contributed by atoms with Crippen molar-refractivity contribution in [3.05, 3.63) is 88.8 Å². The topological polar surface area (TPSA) is 80.0 Å². The summed E-state index contributed by atoms with van der Waals surface area (Å²) in [6.07, 6.45) is 7.16. The van der Waals surface area contributed by atoms with Crippen molar-refractivity contribution in [1.82, 2.24) is 14.5 Å². The van der Waals surface area contributed by atoms with Crippen LogP contribution < -0.4 is 0 Å². The first-order chi connectivity index (χ1) is 16.5. The molecular formula is C26H23FN4O3. The Bertz CT molecular complexity index is 1370. The van der Waals surface area contributed by atoms with Crippen molar-refractivity contribution in [1.29, 1.82) is 0 Å². The molecule has 1 atom stereocenters. The van der Waals surface area contributed by atoms with Crippen molar-refractivity contribution >= 4 is 17.4 Å². The van der Waals surface area contributed by atoms with Gasteiger partial charge in [0.15, 0.2) is 5.84 Å². The number of halogens is 1. The highest BCUT2D eigenvalue weighted by molar-refractivity contribution is 6.08. The van der Waals surface area contributed by atoms with E-state index in [4.69, 9.17) is 4.84 Å². The van der Waals surface area contributed by atoms with Crippen molar-refractivity contribution in [3.8, 4) is 5.69 Å². The third kappa shape index (κ3) is 2.98. The Morgan fingerprint density at radius 2 is 1.94 bits per heavy atom. The number of oxime groups is 1. The number of rotatable bonds is 3. The molecule has 0 amide bonds. The molecule has 1 aliphatic carbocycles.